The summed E-state index contributed by atoms with van der Waals surface area (Å²) in [6.45, 7) is -0.294. The Labute approximate surface area is 260 Å². The monoisotopic (exact) mass is 637 g/mol. The predicted molar refractivity (Wildman–Crippen MR) is 160 cm³/mol. The topological polar surface area (TPSA) is 122 Å². The number of amides is 1. The van der Waals surface area contributed by atoms with Gasteiger partial charge in [-0.2, -0.15) is 0 Å². The molecule has 7 rings (SSSR count). The first-order chi connectivity index (χ1) is 21.4. The molecule has 1 aliphatic carbocycles. The highest BCUT2D eigenvalue weighted by molar-refractivity contribution is 7.98. The van der Waals surface area contributed by atoms with Crippen LogP contribution in [0.15, 0.2) is 82.2 Å². The third-order valence-corrected chi connectivity index (χ3v) is 9.67. The predicted octanol–water partition coefficient (Wildman–Crippen LogP) is 4.44. The summed E-state index contributed by atoms with van der Waals surface area (Å²) in [7, 11) is 1.14. The summed E-state index contributed by atoms with van der Waals surface area (Å²) < 4.78 is 46.3. The van der Waals surface area contributed by atoms with Crippen LogP contribution in [0, 0.1) is 17.6 Å². The van der Waals surface area contributed by atoms with Crippen LogP contribution < -0.4 is 15.2 Å². The van der Waals surface area contributed by atoms with Gasteiger partial charge in [0, 0.05) is 35.4 Å². The minimum absolute atomic E-state index is 0. The summed E-state index contributed by atoms with van der Waals surface area (Å²) in [4.78, 5) is 41.7. The van der Waals surface area contributed by atoms with Gasteiger partial charge < -0.3 is 24.6 Å². The summed E-state index contributed by atoms with van der Waals surface area (Å²) in [6, 6.07) is 10.8. The minimum Gasteiger partial charge on any atom is -0.451 e. The van der Waals surface area contributed by atoms with Crippen molar-refractivity contribution in [1.82, 2.24) is 9.58 Å². The van der Waals surface area contributed by atoms with Gasteiger partial charge in [0.1, 0.15) is 6.17 Å². The number of aromatic nitrogens is 1. The number of benzene rings is 2. The van der Waals surface area contributed by atoms with Crippen molar-refractivity contribution < 1.29 is 38.1 Å². The van der Waals surface area contributed by atoms with Crippen LogP contribution in [0.25, 0.3) is 0 Å². The number of ether oxygens (including phenoxy) is 3. The number of methoxy groups -OCH3 is 1. The van der Waals surface area contributed by atoms with Gasteiger partial charge in [0.2, 0.25) is 18.0 Å². The quantitative estimate of drug-likeness (QED) is 0.304. The number of thioether (sulfide) groups is 1. The van der Waals surface area contributed by atoms with E-state index >= 15 is 4.39 Å². The van der Waals surface area contributed by atoms with Crippen molar-refractivity contribution >= 4 is 23.8 Å². The van der Waals surface area contributed by atoms with Crippen LogP contribution in [0.4, 0.5) is 13.6 Å². The van der Waals surface area contributed by atoms with Gasteiger partial charge >= 0.3 is 6.16 Å². The molecule has 4 heterocycles. The molecule has 0 unspecified atom stereocenters. The van der Waals surface area contributed by atoms with E-state index in [9.17, 15) is 18.8 Å². The molecule has 0 radical (unpaired) electrons. The Bertz CT molecular complexity index is 1810. The zero-order valence-corrected chi connectivity index (χ0v) is 24.9. The zero-order chi connectivity index (χ0) is 30.5. The van der Waals surface area contributed by atoms with Crippen LogP contribution in [0.5, 0.6) is 5.75 Å². The molecule has 0 saturated carbocycles. The number of fused-ring (bicyclic) bond motifs is 6. The highest BCUT2D eigenvalue weighted by Gasteiger charge is 2.50. The van der Waals surface area contributed by atoms with Gasteiger partial charge in [0.25, 0.3) is 5.91 Å². The van der Waals surface area contributed by atoms with Gasteiger partial charge in [-0.3, -0.25) is 19.3 Å². The molecule has 3 aliphatic heterocycles. The fourth-order valence-corrected chi connectivity index (χ4v) is 7.70. The highest BCUT2D eigenvalue weighted by Crippen LogP contribution is 2.48. The third kappa shape index (κ3) is 5.05. The molecule has 3 aromatic rings. The minimum atomic E-state index is -1.01. The lowest BCUT2D eigenvalue weighted by molar-refractivity contribution is 0.0122. The van der Waals surface area contributed by atoms with Gasteiger partial charge in [-0.1, -0.05) is 42.0 Å². The van der Waals surface area contributed by atoms with Crippen molar-refractivity contribution in [3.05, 3.63) is 117 Å². The fraction of sp³-hybridized carbons (Fsp3) is 0.281. The molecule has 3 atom stereocenters. The number of carbonyl (C=O) groups excluding carboxylic acids is 2. The maximum Gasteiger partial charge on any atom is 0.510 e. The second-order valence-corrected chi connectivity index (χ2v) is 11.8. The maximum atomic E-state index is 15.1. The molecule has 10 nitrogen and oxygen atoms in total. The molecular weight excluding hydrogens is 608 g/mol. The lowest BCUT2D eigenvalue weighted by Gasteiger charge is -2.55. The number of halogens is 2. The molecule has 1 amide bonds. The molecule has 2 aromatic carbocycles. The third-order valence-electron chi connectivity index (χ3n) is 8.54. The number of piperidine rings is 1. The van der Waals surface area contributed by atoms with E-state index in [2.05, 4.69) is 16.9 Å². The number of nitrogens with zero attached hydrogens (tertiary/aromatic N) is 3. The summed E-state index contributed by atoms with van der Waals surface area (Å²) >= 11 is 1.53. The van der Waals surface area contributed by atoms with E-state index in [0.29, 0.717) is 36.3 Å². The van der Waals surface area contributed by atoms with Gasteiger partial charge in [-0.05, 0) is 47.7 Å². The first kappa shape index (κ1) is 30.4. The van der Waals surface area contributed by atoms with E-state index in [1.54, 1.807) is 9.58 Å². The molecular formula is C32H29F2N3O7S. The summed E-state index contributed by atoms with van der Waals surface area (Å²) in [5.41, 5.74) is 2.57. The fourth-order valence-electron chi connectivity index (χ4n) is 6.62. The normalized spacial score (nSPS) is 21.1. The smallest absolute Gasteiger partial charge is 0.451 e. The Morgan fingerprint density at radius 3 is 2.71 bits per heavy atom. The zero-order valence-electron chi connectivity index (χ0n) is 24.1. The first-order valence-electron chi connectivity index (χ1n) is 14.1. The van der Waals surface area contributed by atoms with E-state index in [-0.39, 0.29) is 22.8 Å². The highest BCUT2D eigenvalue weighted by atomic mass is 32.2. The van der Waals surface area contributed by atoms with E-state index in [0.717, 1.165) is 17.6 Å². The molecule has 0 bridgehead atoms. The summed E-state index contributed by atoms with van der Waals surface area (Å²) in [5.74, 6) is -2.32. The SMILES string of the molecule is COC(=O)OCOc1c2n(ccc1=O)N([C@@H]1c3cc(F)c(F)cc3CSc3ccccc31)[C@@H]1[C@H]3CC=CC=C3CCN1C2=O.O. The number of hydrogen-bond donors (Lipinski definition) is 0. The average Bonchev–Trinajstić information content (AvgIpc) is 3.19. The van der Waals surface area contributed by atoms with Crippen LogP contribution in [0.1, 0.15) is 46.1 Å². The summed E-state index contributed by atoms with van der Waals surface area (Å²) in [6.07, 6.45) is 7.41. The van der Waals surface area contributed by atoms with Gasteiger partial charge in [-0.25, -0.2) is 13.6 Å². The van der Waals surface area contributed by atoms with Crippen LogP contribution in [-0.4, -0.2) is 53.7 Å². The van der Waals surface area contributed by atoms with Gasteiger partial charge in [-0.15, -0.1) is 11.8 Å². The second kappa shape index (κ2) is 12.1. The molecule has 2 N–H and O–H groups in total. The maximum absolute atomic E-state index is 15.1. The number of pyridine rings is 1. The van der Waals surface area contributed by atoms with Crippen LogP contribution in [0.2, 0.25) is 0 Å². The first-order valence-corrected chi connectivity index (χ1v) is 15.1. The molecule has 1 aromatic heterocycles. The van der Waals surface area contributed by atoms with E-state index in [1.807, 2.05) is 35.4 Å². The van der Waals surface area contributed by atoms with Crippen molar-refractivity contribution in [3.63, 3.8) is 0 Å². The Morgan fingerprint density at radius 1 is 1.09 bits per heavy atom. The standard InChI is InChI=1S/C32H27F2N3O6S.H2O/c1-41-32(40)43-17-42-29-25(38)11-13-36-28(29)31(39)35-12-10-18-6-2-3-7-20(18)30(35)37(36)27-21-8-4-5-9-26(21)44-16-19-14-23(33)24(34)15-22(19)27;/h2-6,8-9,11,13-15,20,27,30H,7,10,12,16-17H2,1H3;1H2/t20-,27-,30+;/m0./s1. The average molecular weight is 638 g/mol. The lowest BCUT2D eigenvalue weighted by atomic mass is 9.81. The Morgan fingerprint density at radius 2 is 1.89 bits per heavy atom. The van der Waals surface area contributed by atoms with E-state index in [4.69, 9.17) is 9.47 Å². The largest absolute Gasteiger partial charge is 0.510 e. The Balaban J connectivity index is 0.00000357. The molecule has 234 valence electrons. The number of hydrogen-bond acceptors (Lipinski definition) is 8. The number of rotatable bonds is 4. The molecule has 0 spiro atoms. The van der Waals surface area contributed by atoms with Crippen molar-refractivity contribution in [2.45, 2.75) is 35.7 Å². The summed E-state index contributed by atoms with van der Waals surface area (Å²) in [5, 5.41) is 1.99. The molecule has 45 heavy (non-hydrogen) atoms. The van der Waals surface area contributed by atoms with Crippen LogP contribution in [-0.2, 0) is 15.2 Å². The Kier molecular flexibility index (Phi) is 8.14. The Hall–Kier alpha value is -4.62. The number of carbonyl (C=O) groups is 2. The number of allylic oxidation sites excluding steroid dienone is 3. The van der Waals surface area contributed by atoms with Crippen molar-refractivity contribution in [1.29, 1.82) is 0 Å². The second-order valence-electron chi connectivity index (χ2n) is 10.8. The van der Waals surface area contributed by atoms with Crippen molar-refractivity contribution in [2.24, 2.45) is 5.92 Å². The van der Waals surface area contributed by atoms with Crippen molar-refractivity contribution in [3.8, 4) is 5.75 Å². The van der Waals surface area contributed by atoms with E-state index < -0.39 is 48.1 Å². The van der Waals surface area contributed by atoms with Crippen LogP contribution in [0.3, 0.4) is 0 Å². The molecule has 4 aliphatic rings. The van der Waals surface area contributed by atoms with E-state index in [1.165, 1.54) is 41.7 Å². The molecule has 13 heteroatoms. The van der Waals surface area contributed by atoms with Crippen LogP contribution >= 0.6 is 11.8 Å². The molecule has 1 fully saturated rings. The van der Waals surface area contributed by atoms with Gasteiger partial charge in [0.05, 0.1) is 13.2 Å². The van der Waals surface area contributed by atoms with Crippen molar-refractivity contribution in [2.75, 3.05) is 25.5 Å². The molecule has 1 saturated heterocycles. The lowest BCUT2D eigenvalue weighted by Crippen LogP contribution is -2.67. The van der Waals surface area contributed by atoms with Gasteiger partial charge in [0.15, 0.2) is 17.3 Å².